The van der Waals surface area contributed by atoms with E-state index in [-0.39, 0.29) is 0 Å². The van der Waals surface area contributed by atoms with Gasteiger partial charge in [-0.2, -0.15) is 0 Å². The molecule has 5 nitrogen and oxygen atoms in total. The first-order chi connectivity index (χ1) is 10.3. The molecular weight excluding hydrogens is 288 g/mol. The highest BCUT2D eigenvalue weighted by atomic mass is 35.5. The van der Waals surface area contributed by atoms with Crippen LogP contribution < -0.4 is 5.32 Å². The molecule has 1 N–H and O–H groups in total. The van der Waals surface area contributed by atoms with Gasteiger partial charge >= 0.3 is 0 Å². The summed E-state index contributed by atoms with van der Waals surface area (Å²) in [6.07, 6.45) is 2.46. The van der Waals surface area contributed by atoms with Crippen LogP contribution in [0.15, 0.2) is 12.1 Å². The summed E-state index contributed by atoms with van der Waals surface area (Å²) in [5.41, 5.74) is 0. The Morgan fingerprint density at radius 1 is 1.19 bits per heavy atom. The molecule has 1 aromatic rings. The minimum atomic E-state index is 0.444. The lowest BCUT2D eigenvalue weighted by Gasteiger charge is -2.28. The zero-order valence-electron chi connectivity index (χ0n) is 12.0. The van der Waals surface area contributed by atoms with Gasteiger partial charge in [0.05, 0.1) is 0 Å². The van der Waals surface area contributed by atoms with Crippen molar-refractivity contribution in [3.8, 4) is 0 Å². The van der Waals surface area contributed by atoms with Crippen LogP contribution in [0.4, 0.5) is 5.82 Å². The second-order valence-electron chi connectivity index (χ2n) is 6.51. The average Bonchev–Trinajstić information content (AvgIpc) is 2.94. The summed E-state index contributed by atoms with van der Waals surface area (Å²) in [4.78, 5) is 2.64. The molecule has 0 bridgehead atoms. The van der Waals surface area contributed by atoms with E-state index in [4.69, 9.17) is 16.3 Å². The van der Waals surface area contributed by atoms with Crippen molar-refractivity contribution < 1.29 is 4.74 Å². The molecule has 1 saturated carbocycles. The summed E-state index contributed by atoms with van der Waals surface area (Å²) in [7, 11) is 0. The number of anilines is 1. The first kappa shape index (κ1) is 13.7. The number of hydrogen-bond acceptors (Lipinski definition) is 5. The molecular formula is C15H21ClN4O. The monoisotopic (exact) mass is 308 g/mol. The van der Waals surface area contributed by atoms with E-state index >= 15 is 0 Å². The Labute approximate surface area is 130 Å². The predicted molar refractivity (Wildman–Crippen MR) is 81.4 cm³/mol. The number of rotatable bonds is 4. The molecule has 0 amide bonds. The van der Waals surface area contributed by atoms with Gasteiger partial charge < -0.3 is 15.0 Å². The molecule has 1 aromatic heterocycles. The predicted octanol–water partition coefficient (Wildman–Crippen LogP) is 1.90. The molecule has 2 aliphatic heterocycles. The van der Waals surface area contributed by atoms with E-state index < -0.39 is 0 Å². The third kappa shape index (κ3) is 3.00. The van der Waals surface area contributed by atoms with Gasteiger partial charge in [-0.25, -0.2) is 0 Å². The molecule has 0 aromatic carbocycles. The summed E-state index contributed by atoms with van der Waals surface area (Å²) in [5, 5.41) is 11.9. The van der Waals surface area contributed by atoms with Crippen molar-refractivity contribution in [3.63, 3.8) is 0 Å². The molecule has 21 heavy (non-hydrogen) atoms. The average molecular weight is 309 g/mol. The molecule has 1 aliphatic carbocycles. The van der Waals surface area contributed by atoms with E-state index in [1.165, 1.54) is 32.5 Å². The molecule has 4 rings (SSSR count). The molecule has 3 aliphatic rings. The first-order valence-corrected chi connectivity index (χ1v) is 8.23. The van der Waals surface area contributed by atoms with Gasteiger partial charge in [0.2, 0.25) is 0 Å². The first-order valence-electron chi connectivity index (χ1n) is 7.85. The normalized spacial score (nSPS) is 32.9. The second-order valence-corrected chi connectivity index (χ2v) is 6.90. The quantitative estimate of drug-likeness (QED) is 0.920. The van der Waals surface area contributed by atoms with E-state index in [1.54, 1.807) is 6.07 Å². The van der Waals surface area contributed by atoms with E-state index in [2.05, 4.69) is 20.4 Å². The fraction of sp³-hybridized carbons (Fsp3) is 0.733. The fourth-order valence-electron chi connectivity index (χ4n) is 3.83. The molecule has 3 atom stereocenters. The van der Waals surface area contributed by atoms with Crippen molar-refractivity contribution in [2.75, 3.05) is 38.2 Å². The van der Waals surface area contributed by atoms with E-state index in [9.17, 15) is 0 Å². The standard InChI is InChI=1S/C15H21ClN4O/c16-13-1-2-14(19-18-13)17-15-11-8-20(9-12(11)15)7-10-3-5-21-6-4-10/h1-2,10-12,15H,3-9H2,(H,17,19)/t11-,12?,15?/m1/s1. The van der Waals surface area contributed by atoms with Gasteiger partial charge in [-0.15, -0.1) is 10.2 Å². The van der Waals surface area contributed by atoms with Crippen LogP contribution in [0.2, 0.25) is 5.15 Å². The topological polar surface area (TPSA) is 50.3 Å². The Kier molecular flexibility index (Phi) is 3.73. The summed E-state index contributed by atoms with van der Waals surface area (Å²) in [6.45, 7) is 5.60. The number of hydrogen-bond donors (Lipinski definition) is 1. The largest absolute Gasteiger partial charge is 0.381 e. The van der Waals surface area contributed by atoms with Crippen LogP contribution in [0, 0.1) is 17.8 Å². The number of piperidine rings is 1. The van der Waals surface area contributed by atoms with Crippen molar-refractivity contribution in [2.45, 2.75) is 18.9 Å². The van der Waals surface area contributed by atoms with Crippen molar-refractivity contribution in [1.82, 2.24) is 15.1 Å². The number of nitrogens with zero attached hydrogens (tertiary/aromatic N) is 3. The Morgan fingerprint density at radius 3 is 2.62 bits per heavy atom. The van der Waals surface area contributed by atoms with E-state index in [1.807, 2.05) is 6.07 Å². The Hall–Kier alpha value is -0.910. The minimum Gasteiger partial charge on any atom is -0.381 e. The molecule has 3 fully saturated rings. The highest BCUT2D eigenvalue weighted by Gasteiger charge is 2.55. The summed E-state index contributed by atoms with van der Waals surface area (Å²) in [5.74, 6) is 3.24. The third-order valence-corrected chi connectivity index (χ3v) is 5.28. The summed E-state index contributed by atoms with van der Waals surface area (Å²) >= 11 is 5.75. The zero-order chi connectivity index (χ0) is 14.2. The zero-order valence-corrected chi connectivity index (χ0v) is 12.8. The van der Waals surface area contributed by atoms with Crippen LogP contribution in [0.25, 0.3) is 0 Å². The fourth-order valence-corrected chi connectivity index (χ4v) is 3.94. The maximum Gasteiger partial charge on any atom is 0.151 e. The van der Waals surface area contributed by atoms with E-state index in [0.717, 1.165) is 36.8 Å². The lowest BCUT2D eigenvalue weighted by Crippen LogP contribution is -2.34. The number of likely N-dealkylation sites (tertiary alicyclic amines) is 1. The maximum atomic E-state index is 5.75. The van der Waals surface area contributed by atoms with Crippen molar-refractivity contribution in [1.29, 1.82) is 0 Å². The minimum absolute atomic E-state index is 0.444. The number of ether oxygens (including phenoxy) is 1. The van der Waals surface area contributed by atoms with Crippen LogP contribution in [-0.4, -0.2) is 54.0 Å². The van der Waals surface area contributed by atoms with Gasteiger partial charge in [-0.3, -0.25) is 0 Å². The SMILES string of the molecule is Clc1ccc(NC2C3CN(CC4CCOCC4)C[C@H]32)nn1. The van der Waals surface area contributed by atoms with Crippen molar-refractivity contribution >= 4 is 17.4 Å². The van der Waals surface area contributed by atoms with Gasteiger partial charge in [0.25, 0.3) is 0 Å². The summed E-state index contributed by atoms with van der Waals surface area (Å²) < 4.78 is 5.44. The number of aromatic nitrogens is 2. The lowest BCUT2D eigenvalue weighted by atomic mass is 10.00. The smallest absolute Gasteiger partial charge is 0.151 e. The molecule has 3 heterocycles. The van der Waals surface area contributed by atoms with Crippen LogP contribution in [0.3, 0.4) is 0 Å². The summed E-state index contributed by atoms with van der Waals surface area (Å²) in [6, 6.07) is 4.27. The number of fused-ring (bicyclic) bond motifs is 1. The highest BCUT2D eigenvalue weighted by Crippen LogP contribution is 2.47. The molecule has 114 valence electrons. The molecule has 2 unspecified atom stereocenters. The Morgan fingerprint density at radius 2 is 1.95 bits per heavy atom. The molecule has 6 heteroatoms. The van der Waals surface area contributed by atoms with Gasteiger partial charge in [0.15, 0.2) is 5.15 Å². The van der Waals surface area contributed by atoms with Crippen LogP contribution in [0.5, 0.6) is 0 Å². The molecule has 0 spiro atoms. The second kappa shape index (κ2) is 5.71. The van der Waals surface area contributed by atoms with Crippen LogP contribution >= 0.6 is 11.6 Å². The molecule has 0 radical (unpaired) electrons. The van der Waals surface area contributed by atoms with Crippen molar-refractivity contribution in [2.24, 2.45) is 17.8 Å². The Bertz CT molecular complexity index is 479. The van der Waals surface area contributed by atoms with Crippen molar-refractivity contribution in [3.05, 3.63) is 17.3 Å². The maximum absolute atomic E-state index is 5.75. The van der Waals surface area contributed by atoms with Gasteiger partial charge in [0, 0.05) is 38.9 Å². The lowest BCUT2D eigenvalue weighted by molar-refractivity contribution is 0.0540. The van der Waals surface area contributed by atoms with Crippen LogP contribution in [-0.2, 0) is 4.74 Å². The highest BCUT2D eigenvalue weighted by molar-refractivity contribution is 6.29. The Balaban J connectivity index is 1.24. The number of nitrogens with one attached hydrogen (secondary N) is 1. The van der Waals surface area contributed by atoms with Gasteiger partial charge in [-0.1, -0.05) is 11.6 Å². The van der Waals surface area contributed by atoms with E-state index in [0.29, 0.717) is 11.2 Å². The third-order valence-electron chi connectivity index (χ3n) is 5.07. The number of halogens is 1. The molecule has 2 saturated heterocycles. The van der Waals surface area contributed by atoms with Crippen LogP contribution in [0.1, 0.15) is 12.8 Å². The van der Waals surface area contributed by atoms with Gasteiger partial charge in [-0.05, 0) is 42.7 Å². The van der Waals surface area contributed by atoms with Gasteiger partial charge in [0.1, 0.15) is 5.82 Å².